The van der Waals surface area contributed by atoms with Gasteiger partial charge in [0.05, 0.1) is 11.1 Å². The first-order chi connectivity index (χ1) is 12.3. The lowest BCUT2D eigenvalue weighted by molar-refractivity contribution is -0.137. The van der Waals surface area contributed by atoms with Gasteiger partial charge in [0, 0.05) is 5.56 Å². The van der Waals surface area contributed by atoms with E-state index in [1.54, 1.807) is 0 Å². The second kappa shape index (κ2) is 6.63. The topological polar surface area (TPSA) is 37.3 Å². The Morgan fingerprint density at radius 1 is 0.808 bits per heavy atom. The second-order valence-corrected chi connectivity index (χ2v) is 5.58. The standard InChI is InChI=1S/C20H12F4O2/c21-13-10-8-12(9-11-13)14-6-3-7-17(20(22,23)24)18(14)15-4-1-2-5-16(15)19(25)26/h1-11H,(H,25,26). The molecule has 0 heterocycles. The highest BCUT2D eigenvalue weighted by molar-refractivity contribution is 5.99. The quantitative estimate of drug-likeness (QED) is 0.593. The summed E-state index contributed by atoms with van der Waals surface area (Å²) in [5.41, 5.74) is -0.960. The summed E-state index contributed by atoms with van der Waals surface area (Å²) >= 11 is 0. The van der Waals surface area contributed by atoms with Crippen molar-refractivity contribution in [3.05, 3.63) is 83.7 Å². The number of carboxylic acids is 1. The number of hydrogen-bond donors (Lipinski definition) is 1. The van der Waals surface area contributed by atoms with Crippen LogP contribution in [-0.4, -0.2) is 11.1 Å². The summed E-state index contributed by atoms with van der Waals surface area (Å²) in [7, 11) is 0. The summed E-state index contributed by atoms with van der Waals surface area (Å²) in [5, 5.41) is 9.39. The normalized spacial score (nSPS) is 11.4. The minimum Gasteiger partial charge on any atom is -0.478 e. The monoisotopic (exact) mass is 360 g/mol. The summed E-state index contributed by atoms with van der Waals surface area (Å²) in [6.07, 6.45) is -4.68. The molecule has 132 valence electrons. The van der Waals surface area contributed by atoms with Crippen LogP contribution in [0.5, 0.6) is 0 Å². The fourth-order valence-electron chi connectivity index (χ4n) is 2.84. The molecule has 0 amide bonds. The van der Waals surface area contributed by atoms with E-state index in [4.69, 9.17) is 0 Å². The average Bonchev–Trinajstić information content (AvgIpc) is 2.61. The molecular formula is C20H12F4O2. The number of rotatable bonds is 3. The van der Waals surface area contributed by atoms with Crippen molar-refractivity contribution in [2.24, 2.45) is 0 Å². The zero-order valence-electron chi connectivity index (χ0n) is 13.2. The van der Waals surface area contributed by atoms with Crippen molar-refractivity contribution in [3.8, 4) is 22.3 Å². The van der Waals surface area contributed by atoms with Gasteiger partial charge in [-0.25, -0.2) is 9.18 Å². The predicted molar refractivity (Wildman–Crippen MR) is 89.2 cm³/mol. The molecule has 0 spiro atoms. The highest BCUT2D eigenvalue weighted by Crippen LogP contribution is 2.43. The Kier molecular flexibility index (Phi) is 4.50. The molecule has 2 nitrogen and oxygen atoms in total. The molecule has 0 atom stereocenters. The molecule has 0 bridgehead atoms. The van der Waals surface area contributed by atoms with Crippen LogP contribution in [-0.2, 0) is 6.18 Å². The van der Waals surface area contributed by atoms with E-state index < -0.39 is 23.5 Å². The number of halogens is 4. The van der Waals surface area contributed by atoms with Crippen molar-refractivity contribution in [2.75, 3.05) is 0 Å². The number of carbonyl (C=O) groups is 1. The fraction of sp³-hybridized carbons (Fsp3) is 0.0500. The van der Waals surface area contributed by atoms with Gasteiger partial charge in [0.15, 0.2) is 0 Å². The van der Waals surface area contributed by atoms with E-state index in [1.807, 2.05) is 0 Å². The van der Waals surface area contributed by atoms with Crippen molar-refractivity contribution >= 4 is 5.97 Å². The maximum absolute atomic E-state index is 13.6. The lowest BCUT2D eigenvalue weighted by Crippen LogP contribution is -2.10. The van der Waals surface area contributed by atoms with Crippen LogP contribution in [0.25, 0.3) is 22.3 Å². The van der Waals surface area contributed by atoms with Crippen molar-refractivity contribution in [2.45, 2.75) is 6.18 Å². The third-order valence-corrected chi connectivity index (χ3v) is 3.95. The molecule has 0 aliphatic heterocycles. The lowest BCUT2D eigenvalue weighted by Gasteiger charge is -2.19. The highest BCUT2D eigenvalue weighted by atomic mass is 19.4. The van der Waals surface area contributed by atoms with Crippen molar-refractivity contribution in [1.82, 2.24) is 0 Å². The molecule has 0 unspecified atom stereocenters. The molecule has 26 heavy (non-hydrogen) atoms. The van der Waals surface area contributed by atoms with E-state index in [0.717, 1.165) is 18.2 Å². The van der Waals surface area contributed by atoms with Crippen LogP contribution in [0.15, 0.2) is 66.7 Å². The third-order valence-electron chi connectivity index (χ3n) is 3.95. The summed E-state index contributed by atoms with van der Waals surface area (Å²) in [4.78, 5) is 11.5. The van der Waals surface area contributed by atoms with Crippen LogP contribution in [0.1, 0.15) is 15.9 Å². The van der Waals surface area contributed by atoms with Gasteiger partial charge in [-0.1, -0.05) is 42.5 Å². The number of carboxylic acid groups (broad SMARTS) is 1. The Bertz CT molecular complexity index is 960. The third kappa shape index (κ3) is 3.31. The Hall–Kier alpha value is -3.15. The highest BCUT2D eigenvalue weighted by Gasteiger charge is 2.35. The van der Waals surface area contributed by atoms with Gasteiger partial charge in [-0.05, 0) is 41.0 Å². The Morgan fingerprint density at radius 2 is 1.42 bits per heavy atom. The van der Waals surface area contributed by atoms with E-state index in [0.29, 0.717) is 5.56 Å². The summed E-state index contributed by atoms with van der Waals surface area (Å²) in [6.45, 7) is 0. The maximum atomic E-state index is 13.6. The molecule has 0 aliphatic rings. The van der Waals surface area contributed by atoms with E-state index in [2.05, 4.69) is 0 Å². The zero-order chi connectivity index (χ0) is 18.9. The fourth-order valence-corrected chi connectivity index (χ4v) is 2.84. The van der Waals surface area contributed by atoms with Crippen LogP contribution < -0.4 is 0 Å². The van der Waals surface area contributed by atoms with E-state index >= 15 is 0 Å². The van der Waals surface area contributed by atoms with E-state index in [1.165, 1.54) is 48.5 Å². The molecule has 0 saturated carbocycles. The number of alkyl halides is 3. The van der Waals surface area contributed by atoms with E-state index in [-0.39, 0.29) is 22.3 Å². The van der Waals surface area contributed by atoms with E-state index in [9.17, 15) is 27.5 Å². The zero-order valence-corrected chi connectivity index (χ0v) is 13.2. The van der Waals surface area contributed by atoms with Gasteiger partial charge in [0.25, 0.3) is 0 Å². The molecule has 0 saturated heterocycles. The molecule has 1 N–H and O–H groups in total. The minimum absolute atomic E-state index is 0.0488. The van der Waals surface area contributed by atoms with Crippen LogP contribution in [0, 0.1) is 5.82 Å². The molecule has 3 rings (SSSR count). The molecule has 0 aliphatic carbocycles. The first-order valence-corrected chi connectivity index (χ1v) is 7.58. The van der Waals surface area contributed by atoms with Gasteiger partial charge in [0.2, 0.25) is 0 Å². The van der Waals surface area contributed by atoms with Crippen LogP contribution in [0.3, 0.4) is 0 Å². The van der Waals surface area contributed by atoms with Crippen molar-refractivity contribution < 1.29 is 27.5 Å². The summed E-state index contributed by atoms with van der Waals surface area (Å²) in [6, 6.07) is 14.1. The Balaban J connectivity index is 2.39. The Morgan fingerprint density at radius 3 is 2.04 bits per heavy atom. The lowest BCUT2D eigenvalue weighted by atomic mass is 9.88. The average molecular weight is 360 g/mol. The van der Waals surface area contributed by atoms with Crippen molar-refractivity contribution in [1.29, 1.82) is 0 Å². The van der Waals surface area contributed by atoms with Gasteiger partial charge in [-0.3, -0.25) is 0 Å². The van der Waals surface area contributed by atoms with Gasteiger partial charge >= 0.3 is 12.1 Å². The summed E-state index contributed by atoms with van der Waals surface area (Å²) in [5.74, 6) is -1.85. The molecular weight excluding hydrogens is 348 g/mol. The SMILES string of the molecule is O=C(O)c1ccccc1-c1c(-c2ccc(F)cc2)cccc1C(F)(F)F. The van der Waals surface area contributed by atoms with Crippen molar-refractivity contribution in [3.63, 3.8) is 0 Å². The van der Waals surface area contributed by atoms with Gasteiger partial charge < -0.3 is 5.11 Å². The van der Waals surface area contributed by atoms with Crippen LogP contribution in [0.2, 0.25) is 0 Å². The maximum Gasteiger partial charge on any atom is 0.417 e. The molecule has 0 radical (unpaired) electrons. The minimum atomic E-state index is -4.68. The van der Waals surface area contributed by atoms with Gasteiger partial charge in [0.1, 0.15) is 5.82 Å². The second-order valence-electron chi connectivity index (χ2n) is 5.58. The number of hydrogen-bond acceptors (Lipinski definition) is 1. The first-order valence-electron chi connectivity index (χ1n) is 7.58. The number of benzene rings is 3. The van der Waals surface area contributed by atoms with Gasteiger partial charge in [-0.2, -0.15) is 13.2 Å². The molecule has 3 aromatic carbocycles. The Labute approximate surface area is 146 Å². The molecule has 0 fully saturated rings. The predicted octanol–water partition coefficient (Wildman–Crippen LogP) is 5.88. The smallest absolute Gasteiger partial charge is 0.417 e. The summed E-state index contributed by atoms with van der Waals surface area (Å²) < 4.78 is 54.1. The molecule has 3 aromatic rings. The van der Waals surface area contributed by atoms with Crippen LogP contribution in [0.4, 0.5) is 17.6 Å². The molecule has 0 aromatic heterocycles. The van der Waals surface area contributed by atoms with Gasteiger partial charge in [-0.15, -0.1) is 0 Å². The largest absolute Gasteiger partial charge is 0.478 e. The first kappa shape index (κ1) is 17.7. The number of aromatic carboxylic acids is 1. The molecule has 6 heteroatoms. The van der Waals surface area contributed by atoms with Crippen LogP contribution >= 0.6 is 0 Å².